The molecule has 1 aliphatic heterocycles. The van der Waals surface area contributed by atoms with E-state index in [-0.39, 0.29) is 18.0 Å². The third-order valence-electron chi connectivity index (χ3n) is 6.14. The number of piperazine rings is 1. The van der Waals surface area contributed by atoms with E-state index in [0.717, 1.165) is 34.2 Å². The van der Waals surface area contributed by atoms with Crippen molar-refractivity contribution in [1.82, 2.24) is 34.4 Å². The highest BCUT2D eigenvalue weighted by atomic mass is 16.2. The van der Waals surface area contributed by atoms with Crippen molar-refractivity contribution in [3.8, 4) is 0 Å². The minimum absolute atomic E-state index is 0.0985. The summed E-state index contributed by atoms with van der Waals surface area (Å²) in [4.78, 5) is 26.0. The molecule has 0 spiro atoms. The number of nitrogens with two attached hydrogens (primary N) is 1. The van der Waals surface area contributed by atoms with E-state index in [2.05, 4.69) is 37.3 Å². The molecule has 0 aliphatic carbocycles. The molecule has 32 heavy (non-hydrogen) atoms. The number of nitrogens with one attached hydrogen (secondary N) is 1. The second-order valence-electron chi connectivity index (χ2n) is 8.05. The van der Waals surface area contributed by atoms with Crippen LogP contribution in [0.2, 0.25) is 0 Å². The average molecular weight is 435 g/mol. The summed E-state index contributed by atoms with van der Waals surface area (Å²) in [6.07, 6.45) is 4.40. The smallest absolute Gasteiger partial charge is 0.321 e. The third kappa shape index (κ3) is 3.26. The fraction of sp³-hybridized carbons (Fsp3) is 0.381. The summed E-state index contributed by atoms with van der Waals surface area (Å²) in [5, 5.41) is 13.5. The molecule has 1 fully saturated rings. The van der Waals surface area contributed by atoms with Crippen LogP contribution in [-0.2, 0) is 14.1 Å². The lowest BCUT2D eigenvalue weighted by molar-refractivity contribution is 0.197. The zero-order chi connectivity index (χ0) is 22.4. The number of hydrogen-bond donors (Lipinski definition) is 2. The second-order valence-corrected chi connectivity index (χ2v) is 8.05. The Bertz CT molecular complexity index is 1310. The molecule has 4 heterocycles. The number of amides is 2. The van der Waals surface area contributed by atoms with Gasteiger partial charge in [0.25, 0.3) is 0 Å². The summed E-state index contributed by atoms with van der Waals surface area (Å²) < 4.78 is 3.49. The van der Waals surface area contributed by atoms with Crippen molar-refractivity contribution in [3.05, 3.63) is 30.6 Å². The van der Waals surface area contributed by atoms with Crippen LogP contribution >= 0.6 is 0 Å². The van der Waals surface area contributed by atoms with Crippen LogP contribution in [0, 0.1) is 0 Å². The normalized spacial score (nSPS) is 16.8. The van der Waals surface area contributed by atoms with Gasteiger partial charge in [-0.1, -0.05) is 13.0 Å². The lowest BCUT2D eigenvalue weighted by Gasteiger charge is -2.42. The Morgan fingerprint density at radius 3 is 2.72 bits per heavy atom. The molecule has 1 saturated heterocycles. The molecular weight excluding hydrogens is 408 g/mol. The first kappa shape index (κ1) is 20.0. The Morgan fingerprint density at radius 2 is 1.91 bits per heavy atom. The summed E-state index contributed by atoms with van der Waals surface area (Å²) in [5.74, 6) is 0.989. The first-order valence-electron chi connectivity index (χ1n) is 10.6. The van der Waals surface area contributed by atoms with Crippen LogP contribution in [0.4, 0.5) is 22.2 Å². The van der Waals surface area contributed by atoms with Crippen molar-refractivity contribution in [2.75, 3.05) is 35.6 Å². The average Bonchev–Trinajstić information content (AvgIpc) is 3.36. The van der Waals surface area contributed by atoms with Gasteiger partial charge in [0.15, 0.2) is 5.65 Å². The molecule has 3 N–H and O–H groups in total. The summed E-state index contributed by atoms with van der Waals surface area (Å²) in [5.41, 5.74) is 8.42. The van der Waals surface area contributed by atoms with E-state index in [4.69, 9.17) is 5.73 Å². The molecule has 3 aromatic heterocycles. The van der Waals surface area contributed by atoms with E-state index in [1.807, 2.05) is 37.2 Å². The fourth-order valence-electron chi connectivity index (χ4n) is 4.39. The van der Waals surface area contributed by atoms with Gasteiger partial charge in [-0.05, 0) is 18.6 Å². The van der Waals surface area contributed by atoms with Gasteiger partial charge in [-0.25, -0.2) is 4.79 Å². The maximum atomic E-state index is 13.1. The number of aromatic nitrogens is 6. The lowest BCUT2D eigenvalue weighted by atomic mass is 10.1. The Balaban J connectivity index is 1.37. The summed E-state index contributed by atoms with van der Waals surface area (Å²) in [6.45, 7) is 3.90. The van der Waals surface area contributed by atoms with E-state index < -0.39 is 0 Å². The SMILES string of the molecule is CC[C@H]1CN(C(=O)Nc2cccc3c2cnn3C)CCN1c1nc(N)nc2c1cnn2C. The van der Waals surface area contributed by atoms with Crippen LogP contribution in [0.15, 0.2) is 30.6 Å². The highest BCUT2D eigenvalue weighted by Crippen LogP contribution is 2.29. The summed E-state index contributed by atoms with van der Waals surface area (Å²) in [7, 11) is 3.72. The molecule has 11 nitrogen and oxygen atoms in total. The minimum Gasteiger partial charge on any atom is -0.368 e. The second kappa shape index (κ2) is 7.66. The highest BCUT2D eigenvalue weighted by molar-refractivity contribution is 6.00. The molecule has 1 aromatic carbocycles. The van der Waals surface area contributed by atoms with Gasteiger partial charge >= 0.3 is 6.03 Å². The van der Waals surface area contributed by atoms with Crippen LogP contribution in [0.5, 0.6) is 0 Å². The molecule has 11 heteroatoms. The predicted octanol–water partition coefficient (Wildman–Crippen LogP) is 1.96. The Labute approximate surface area is 184 Å². The first-order chi connectivity index (χ1) is 15.5. The quantitative estimate of drug-likeness (QED) is 0.505. The number of nitrogen functional groups attached to an aromatic ring is 1. The number of benzene rings is 1. The fourth-order valence-corrected chi connectivity index (χ4v) is 4.39. The Kier molecular flexibility index (Phi) is 4.80. The van der Waals surface area contributed by atoms with E-state index in [9.17, 15) is 4.79 Å². The molecule has 0 saturated carbocycles. The van der Waals surface area contributed by atoms with Crippen LogP contribution in [-0.4, -0.2) is 66.1 Å². The van der Waals surface area contributed by atoms with Gasteiger partial charge in [0.05, 0.1) is 29.0 Å². The Morgan fingerprint density at radius 1 is 1.12 bits per heavy atom. The number of fused-ring (bicyclic) bond motifs is 2. The zero-order valence-electron chi connectivity index (χ0n) is 18.4. The molecule has 0 bridgehead atoms. The van der Waals surface area contributed by atoms with Crippen LogP contribution in [0.25, 0.3) is 21.9 Å². The van der Waals surface area contributed by atoms with Crippen LogP contribution in [0.1, 0.15) is 13.3 Å². The minimum atomic E-state index is -0.117. The molecule has 166 valence electrons. The molecule has 2 amide bonds. The predicted molar refractivity (Wildman–Crippen MR) is 123 cm³/mol. The topological polar surface area (TPSA) is 123 Å². The molecule has 0 radical (unpaired) electrons. The number of urea groups is 1. The van der Waals surface area contributed by atoms with Crippen molar-refractivity contribution in [2.24, 2.45) is 14.1 Å². The van der Waals surface area contributed by atoms with Gasteiger partial charge in [-0.15, -0.1) is 0 Å². The van der Waals surface area contributed by atoms with Crippen LogP contribution in [0.3, 0.4) is 0 Å². The van der Waals surface area contributed by atoms with Crippen LogP contribution < -0.4 is 16.0 Å². The third-order valence-corrected chi connectivity index (χ3v) is 6.14. The van der Waals surface area contributed by atoms with E-state index in [0.29, 0.717) is 25.3 Å². The van der Waals surface area contributed by atoms with E-state index in [1.165, 1.54) is 0 Å². The maximum Gasteiger partial charge on any atom is 0.321 e. The monoisotopic (exact) mass is 434 g/mol. The standard InChI is InChI=1S/C21H26N10O/c1-4-13-12-30(21(32)25-16-6-5-7-17-14(16)10-23-28(17)2)8-9-31(13)19-15-11-24-29(3)18(15)26-20(22)27-19/h5-7,10-11,13H,4,8-9,12H2,1-3H3,(H,25,32)(H2,22,26,27)/t13-/m0/s1. The van der Waals surface area contributed by atoms with Gasteiger partial charge in [0.1, 0.15) is 5.82 Å². The van der Waals surface area contributed by atoms with E-state index in [1.54, 1.807) is 21.8 Å². The molecular formula is C21H26N10O. The molecule has 4 aromatic rings. The number of anilines is 3. The number of carbonyl (C=O) groups excluding carboxylic acids is 1. The first-order valence-corrected chi connectivity index (χ1v) is 10.6. The maximum absolute atomic E-state index is 13.1. The van der Waals surface area contributed by atoms with Gasteiger partial charge in [0.2, 0.25) is 5.95 Å². The largest absolute Gasteiger partial charge is 0.368 e. The lowest BCUT2D eigenvalue weighted by Crippen LogP contribution is -2.56. The van der Waals surface area contributed by atoms with Crippen molar-refractivity contribution in [1.29, 1.82) is 0 Å². The molecule has 1 atom stereocenters. The number of nitrogens with zero attached hydrogens (tertiary/aromatic N) is 8. The Hall–Kier alpha value is -3.89. The summed E-state index contributed by atoms with van der Waals surface area (Å²) in [6, 6.07) is 5.79. The van der Waals surface area contributed by atoms with Crippen molar-refractivity contribution in [2.45, 2.75) is 19.4 Å². The van der Waals surface area contributed by atoms with Gasteiger partial charge in [0, 0.05) is 45.2 Å². The highest BCUT2D eigenvalue weighted by Gasteiger charge is 2.31. The summed E-state index contributed by atoms with van der Waals surface area (Å²) >= 11 is 0. The van der Waals surface area contributed by atoms with Crippen molar-refractivity contribution < 1.29 is 4.79 Å². The van der Waals surface area contributed by atoms with Gasteiger partial charge in [-0.2, -0.15) is 20.2 Å². The number of rotatable bonds is 3. The van der Waals surface area contributed by atoms with Gasteiger partial charge < -0.3 is 20.9 Å². The van der Waals surface area contributed by atoms with E-state index >= 15 is 0 Å². The van der Waals surface area contributed by atoms with Crippen molar-refractivity contribution in [3.63, 3.8) is 0 Å². The zero-order valence-corrected chi connectivity index (χ0v) is 18.4. The van der Waals surface area contributed by atoms with Gasteiger partial charge in [-0.3, -0.25) is 9.36 Å². The number of aryl methyl sites for hydroxylation is 2. The van der Waals surface area contributed by atoms with Crippen molar-refractivity contribution >= 4 is 45.4 Å². The number of carbonyl (C=O) groups is 1. The molecule has 1 aliphatic rings. The molecule has 5 rings (SSSR count). The molecule has 0 unspecified atom stereocenters. The number of hydrogen-bond acceptors (Lipinski definition) is 7.